The van der Waals surface area contributed by atoms with Gasteiger partial charge in [-0.25, -0.2) is 8.42 Å². The first-order valence-electron chi connectivity index (χ1n) is 3.27. The van der Waals surface area contributed by atoms with Gasteiger partial charge in [0.2, 0.25) is 0 Å². The van der Waals surface area contributed by atoms with E-state index in [0.29, 0.717) is 0 Å². The fourth-order valence-electron chi connectivity index (χ4n) is 0.407. The Morgan fingerprint density at radius 2 is 2.08 bits per heavy atom. The SMILES string of the molecule is CCCCOC(=S)OS(=O)(=O)[O-].[K+]. The van der Waals surface area contributed by atoms with E-state index in [-0.39, 0.29) is 58.0 Å². The van der Waals surface area contributed by atoms with E-state index in [0.717, 1.165) is 12.8 Å². The molecule has 0 aliphatic heterocycles. The molecule has 0 aliphatic carbocycles. The van der Waals surface area contributed by atoms with E-state index in [2.05, 4.69) is 21.1 Å². The molecule has 5 nitrogen and oxygen atoms in total. The molecule has 0 spiro atoms. The van der Waals surface area contributed by atoms with Crippen LogP contribution >= 0.6 is 12.2 Å². The van der Waals surface area contributed by atoms with Crippen LogP contribution in [-0.4, -0.2) is 24.8 Å². The molecule has 0 atom stereocenters. The zero-order valence-corrected chi connectivity index (χ0v) is 12.2. The standard InChI is InChI=1S/C5H10O5S2.K/c1-2-3-4-9-5(11)10-12(6,7)8;/h2-4H2,1H3,(H,6,7,8);/q;+1/p-1. The molecule has 0 saturated carbocycles. The summed E-state index contributed by atoms with van der Waals surface area (Å²) in [5.41, 5.74) is 0. The van der Waals surface area contributed by atoms with Crippen LogP contribution in [0.3, 0.4) is 0 Å². The van der Waals surface area contributed by atoms with Gasteiger partial charge in [-0.05, 0) is 6.42 Å². The van der Waals surface area contributed by atoms with E-state index in [4.69, 9.17) is 0 Å². The number of hydrogen-bond acceptors (Lipinski definition) is 6. The van der Waals surface area contributed by atoms with Crippen LogP contribution in [0.25, 0.3) is 0 Å². The minimum absolute atomic E-state index is 0. The fraction of sp³-hybridized carbons (Fsp3) is 0.800. The van der Waals surface area contributed by atoms with E-state index >= 15 is 0 Å². The third-order valence-corrected chi connectivity index (χ3v) is 1.55. The summed E-state index contributed by atoms with van der Waals surface area (Å²) < 4.78 is 38.1. The average Bonchev–Trinajstić information content (AvgIpc) is 1.84. The normalized spacial score (nSPS) is 10.0. The van der Waals surface area contributed by atoms with E-state index in [1.807, 2.05) is 6.92 Å². The van der Waals surface area contributed by atoms with Crippen molar-refractivity contribution < 1.29 is 73.3 Å². The van der Waals surface area contributed by atoms with Gasteiger partial charge in [-0.1, -0.05) is 13.3 Å². The van der Waals surface area contributed by atoms with Crippen LogP contribution in [0.15, 0.2) is 0 Å². The molecule has 0 N–H and O–H groups in total. The summed E-state index contributed by atoms with van der Waals surface area (Å²) >= 11 is 4.29. The summed E-state index contributed by atoms with van der Waals surface area (Å²) in [7, 11) is -4.78. The summed E-state index contributed by atoms with van der Waals surface area (Å²) in [5, 5.41) is -0.640. The molecule has 0 aromatic carbocycles. The van der Waals surface area contributed by atoms with Crippen LogP contribution in [0.5, 0.6) is 0 Å². The maximum Gasteiger partial charge on any atom is 1.00 e. The van der Waals surface area contributed by atoms with Crippen molar-refractivity contribution in [2.24, 2.45) is 0 Å². The Morgan fingerprint density at radius 1 is 1.54 bits per heavy atom. The Labute approximate surface area is 126 Å². The van der Waals surface area contributed by atoms with Crippen LogP contribution in [0.2, 0.25) is 0 Å². The minimum Gasteiger partial charge on any atom is -0.716 e. The second-order valence-corrected chi connectivity index (χ2v) is 3.26. The number of hydrogen-bond donors (Lipinski definition) is 0. The Hall–Kier alpha value is 1.24. The Balaban J connectivity index is 0. The first-order chi connectivity index (χ1) is 5.45. The van der Waals surface area contributed by atoms with Gasteiger partial charge in [-0.3, -0.25) is 0 Å². The average molecular weight is 252 g/mol. The number of unbranched alkanes of at least 4 members (excludes halogenated alkanes) is 1. The molecule has 72 valence electrons. The van der Waals surface area contributed by atoms with Crippen molar-refractivity contribution in [3.05, 3.63) is 0 Å². The van der Waals surface area contributed by atoms with E-state index in [9.17, 15) is 13.0 Å². The minimum atomic E-state index is -4.78. The molecule has 13 heavy (non-hydrogen) atoms. The second-order valence-electron chi connectivity index (χ2n) is 1.94. The Bertz CT molecular complexity index is 237. The van der Waals surface area contributed by atoms with E-state index in [1.165, 1.54) is 0 Å². The summed E-state index contributed by atoms with van der Waals surface area (Å²) in [6.45, 7) is 2.18. The molecule has 0 unspecified atom stereocenters. The van der Waals surface area contributed by atoms with Gasteiger partial charge in [-0.2, -0.15) is 0 Å². The maximum absolute atomic E-state index is 9.93. The number of thiocarbonyl (C=S) groups is 1. The van der Waals surface area contributed by atoms with Gasteiger partial charge in [0.05, 0.1) is 6.61 Å². The predicted molar refractivity (Wildman–Crippen MR) is 44.2 cm³/mol. The summed E-state index contributed by atoms with van der Waals surface area (Å²) in [4.78, 5) is 0. The second kappa shape index (κ2) is 8.54. The molecule has 0 amide bonds. The first kappa shape index (κ1) is 16.7. The molecule has 0 aliphatic rings. The molecule has 0 aromatic heterocycles. The molecule has 0 radical (unpaired) electrons. The van der Waals surface area contributed by atoms with Gasteiger partial charge < -0.3 is 13.5 Å². The van der Waals surface area contributed by atoms with Crippen molar-refractivity contribution in [2.75, 3.05) is 6.61 Å². The zero-order valence-electron chi connectivity index (χ0n) is 7.48. The van der Waals surface area contributed by atoms with Crippen molar-refractivity contribution >= 4 is 27.9 Å². The topological polar surface area (TPSA) is 75.7 Å². The Kier molecular flexibility index (Phi) is 10.9. The van der Waals surface area contributed by atoms with Gasteiger partial charge in [0.25, 0.3) is 10.4 Å². The van der Waals surface area contributed by atoms with Gasteiger partial charge in [0.15, 0.2) is 0 Å². The quantitative estimate of drug-likeness (QED) is 0.182. The fourth-order valence-corrected chi connectivity index (χ4v) is 0.955. The molecular weight excluding hydrogens is 243 g/mol. The first-order valence-corrected chi connectivity index (χ1v) is 5.02. The largest absolute Gasteiger partial charge is 1.00 e. The van der Waals surface area contributed by atoms with Crippen molar-refractivity contribution in [1.82, 2.24) is 0 Å². The van der Waals surface area contributed by atoms with Crippen LogP contribution in [0.4, 0.5) is 0 Å². The van der Waals surface area contributed by atoms with Crippen LogP contribution in [0, 0.1) is 0 Å². The summed E-state index contributed by atoms with van der Waals surface area (Å²) in [6.07, 6.45) is 1.61. The van der Waals surface area contributed by atoms with E-state index in [1.54, 1.807) is 0 Å². The van der Waals surface area contributed by atoms with Crippen LogP contribution in [-0.2, 0) is 19.3 Å². The molecule has 0 saturated heterocycles. The molecule has 8 heteroatoms. The van der Waals surface area contributed by atoms with Crippen molar-refractivity contribution in [3.63, 3.8) is 0 Å². The van der Waals surface area contributed by atoms with Crippen LogP contribution < -0.4 is 51.4 Å². The van der Waals surface area contributed by atoms with Crippen molar-refractivity contribution in [3.8, 4) is 0 Å². The van der Waals surface area contributed by atoms with E-state index < -0.39 is 15.6 Å². The van der Waals surface area contributed by atoms with Crippen LogP contribution in [0.1, 0.15) is 19.8 Å². The third kappa shape index (κ3) is 13.2. The smallest absolute Gasteiger partial charge is 0.716 e. The molecule has 0 bridgehead atoms. The van der Waals surface area contributed by atoms with Crippen molar-refractivity contribution in [2.45, 2.75) is 19.8 Å². The van der Waals surface area contributed by atoms with Gasteiger partial charge in [0, 0.05) is 12.2 Å². The summed E-state index contributed by atoms with van der Waals surface area (Å²) in [5.74, 6) is 0. The van der Waals surface area contributed by atoms with Gasteiger partial charge >= 0.3 is 56.6 Å². The third-order valence-electron chi connectivity index (χ3n) is 0.888. The maximum atomic E-state index is 9.93. The van der Waals surface area contributed by atoms with Gasteiger partial charge in [0.1, 0.15) is 0 Å². The molecule has 0 aromatic rings. The van der Waals surface area contributed by atoms with Crippen molar-refractivity contribution in [1.29, 1.82) is 0 Å². The summed E-state index contributed by atoms with van der Waals surface area (Å²) in [6, 6.07) is 0. The van der Waals surface area contributed by atoms with Gasteiger partial charge in [-0.15, -0.1) is 0 Å². The molecule has 0 rings (SSSR count). The number of ether oxygens (including phenoxy) is 1. The molecular formula is C5H9KO5S2. The molecule has 0 fully saturated rings. The Morgan fingerprint density at radius 3 is 2.46 bits per heavy atom. The predicted octanol–water partition coefficient (Wildman–Crippen LogP) is -2.43. The molecule has 0 heterocycles. The monoisotopic (exact) mass is 252 g/mol. The number of rotatable bonds is 4. The zero-order chi connectivity index (χ0) is 9.61.